The quantitative estimate of drug-likeness (QED) is 0.704. The number of rotatable bonds is 4. The second-order valence-corrected chi connectivity index (χ2v) is 4.14. The Bertz CT molecular complexity index is 433. The highest BCUT2D eigenvalue weighted by Crippen LogP contribution is 2.18. The maximum Gasteiger partial charge on any atom is 0.354 e. The van der Waals surface area contributed by atoms with Crippen molar-refractivity contribution in [2.75, 3.05) is 0 Å². The SMILES string of the molecule is CC(C)C(=O)NC(C)C(=O)On1c(O)ccc1O. The molecular formula is C11H16N2O5. The second-order valence-electron chi connectivity index (χ2n) is 4.14. The van der Waals surface area contributed by atoms with Gasteiger partial charge in [0.1, 0.15) is 6.04 Å². The monoisotopic (exact) mass is 256 g/mol. The molecule has 1 aromatic heterocycles. The van der Waals surface area contributed by atoms with Crippen molar-refractivity contribution in [1.82, 2.24) is 10.0 Å². The molecule has 0 aromatic carbocycles. The minimum Gasteiger partial charge on any atom is -0.492 e. The van der Waals surface area contributed by atoms with Gasteiger partial charge in [0.15, 0.2) is 0 Å². The molecule has 0 radical (unpaired) electrons. The number of hydrogen-bond acceptors (Lipinski definition) is 5. The van der Waals surface area contributed by atoms with Crippen LogP contribution in [-0.2, 0) is 9.59 Å². The highest BCUT2D eigenvalue weighted by molar-refractivity contribution is 5.85. The molecule has 1 rings (SSSR count). The minimum absolute atomic E-state index is 0.256. The zero-order chi connectivity index (χ0) is 13.9. The molecule has 7 heteroatoms. The summed E-state index contributed by atoms with van der Waals surface area (Å²) < 4.78 is 0.570. The van der Waals surface area contributed by atoms with Crippen LogP contribution in [-0.4, -0.2) is 32.9 Å². The Balaban J connectivity index is 2.63. The third-order valence-electron chi connectivity index (χ3n) is 2.22. The molecule has 3 N–H and O–H groups in total. The van der Waals surface area contributed by atoms with Crippen LogP contribution in [0.5, 0.6) is 11.8 Å². The Kier molecular flexibility index (Phi) is 4.19. The molecule has 1 atom stereocenters. The summed E-state index contributed by atoms with van der Waals surface area (Å²) in [5.41, 5.74) is 0. The van der Waals surface area contributed by atoms with Gasteiger partial charge in [-0.2, -0.15) is 0 Å². The Morgan fingerprint density at radius 1 is 1.22 bits per heavy atom. The number of nitrogens with zero attached hydrogens (tertiary/aromatic N) is 1. The maximum atomic E-state index is 11.6. The smallest absolute Gasteiger partial charge is 0.354 e. The van der Waals surface area contributed by atoms with Crippen molar-refractivity contribution in [3.05, 3.63) is 12.1 Å². The zero-order valence-electron chi connectivity index (χ0n) is 10.4. The molecule has 0 aliphatic rings. The fraction of sp³-hybridized carbons (Fsp3) is 0.455. The number of carbonyl (C=O) groups is 2. The van der Waals surface area contributed by atoms with Crippen molar-refractivity contribution in [3.63, 3.8) is 0 Å². The molecule has 0 fully saturated rings. The van der Waals surface area contributed by atoms with Crippen LogP contribution in [0.3, 0.4) is 0 Å². The predicted molar refractivity (Wildman–Crippen MR) is 61.8 cm³/mol. The van der Waals surface area contributed by atoms with Gasteiger partial charge in [0, 0.05) is 18.1 Å². The fourth-order valence-electron chi connectivity index (χ4n) is 1.10. The van der Waals surface area contributed by atoms with Gasteiger partial charge in [-0.05, 0) is 6.92 Å². The summed E-state index contributed by atoms with van der Waals surface area (Å²) in [4.78, 5) is 27.7. The summed E-state index contributed by atoms with van der Waals surface area (Å²) in [7, 11) is 0. The van der Waals surface area contributed by atoms with Gasteiger partial charge in [0.05, 0.1) is 0 Å². The van der Waals surface area contributed by atoms with E-state index in [0.717, 1.165) is 0 Å². The fourth-order valence-corrected chi connectivity index (χ4v) is 1.10. The van der Waals surface area contributed by atoms with Crippen LogP contribution in [0, 0.1) is 5.92 Å². The van der Waals surface area contributed by atoms with E-state index >= 15 is 0 Å². The van der Waals surface area contributed by atoms with E-state index in [1.54, 1.807) is 13.8 Å². The lowest BCUT2D eigenvalue weighted by Gasteiger charge is -2.15. The number of carbonyl (C=O) groups excluding carboxylic acids is 2. The molecule has 7 nitrogen and oxygen atoms in total. The molecule has 0 aliphatic carbocycles. The summed E-state index contributed by atoms with van der Waals surface area (Å²) in [6, 6.07) is 1.45. The third-order valence-corrected chi connectivity index (χ3v) is 2.22. The molecule has 0 spiro atoms. The van der Waals surface area contributed by atoms with E-state index in [0.29, 0.717) is 4.73 Å². The summed E-state index contributed by atoms with van der Waals surface area (Å²) in [6.45, 7) is 4.83. The lowest BCUT2D eigenvalue weighted by molar-refractivity contribution is -0.149. The number of nitrogens with one attached hydrogen (secondary N) is 1. The van der Waals surface area contributed by atoms with Crippen LogP contribution in [0.25, 0.3) is 0 Å². The highest BCUT2D eigenvalue weighted by atomic mass is 16.7. The third kappa shape index (κ3) is 3.16. The van der Waals surface area contributed by atoms with Crippen LogP contribution < -0.4 is 10.2 Å². The van der Waals surface area contributed by atoms with E-state index in [1.165, 1.54) is 19.1 Å². The van der Waals surface area contributed by atoms with Crippen molar-refractivity contribution in [2.24, 2.45) is 5.92 Å². The van der Waals surface area contributed by atoms with Gasteiger partial charge >= 0.3 is 5.97 Å². The Labute approximate surface area is 104 Å². The number of hydrogen-bond donors (Lipinski definition) is 3. The van der Waals surface area contributed by atoms with E-state index in [9.17, 15) is 19.8 Å². The largest absolute Gasteiger partial charge is 0.492 e. The first kappa shape index (κ1) is 13.9. The lowest BCUT2D eigenvalue weighted by atomic mass is 10.2. The topological polar surface area (TPSA) is 101 Å². The van der Waals surface area contributed by atoms with Crippen molar-refractivity contribution in [2.45, 2.75) is 26.8 Å². The van der Waals surface area contributed by atoms with E-state index in [2.05, 4.69) is 5.32 Å². The van der Waals surface area contributed by atoms with Gasteiger partial charge in [-0.25, -0.2) is 4.79 Å². The standard InChI is InChI=1S/C11H16N2O5/c1-6(2)10(16)12-7(3)11(17)18-13-8(14)4-5-9(13)15/h4-7,14-15H,1-3H3,(H,12,16). The van der Waals surface area contributed by atoms with Crippen molar-refractivity contribution >= 4 is 11.9 Å². The van der Waals surface area contributed by atoms with Crippen molar-refractivity contribution < 1.29 is 24.6 Å². The molecule has 18 heavy (non-hydrogen) atoms. The van der Waals surface area contributed by atoms with Crippen molar-refractivity contribution in [3.8, 4) is 11.8 Å². The van der Waals surface area contributed by atoms with Gasteiger partial charge in [0.25, 0.3) is 0 Å². The summed E-state index contributed by atoms with van der Waals surface area (Å²) in [5, 5.41) is 21.0. The number of aromatic hydroxyl groups is 2. The molecule has 1 unspecified atom stereocenters. The second kappa shape index (κ2) is 5.44. The van der Waals surface area contributed by atoms with E-state index in [1.807, 2.05) is 0 Å². The van der Waals surface area contributed by atoms with E-state index in [-0.39, 0.29) is 11.8 Å². The normalized spacial score (nSPS) is 12.2. The maximum absolute atomic E-state index is 11.6. The first-order valence-electron chi connectivity index (χ1n) is 5.45. The van der Waals surface area contributed by atoms with Gasteiger partial charge in [-0.15, -0.1) is 4.73 Å². The van der Waals surface area contributed by atoms with Crippen LogP contribution in [0.15, 0.2) is 12.1 Å². The lowest BCUT2D eigenvalue weighted by Crippen LogP contribution is -2.44. The minimum atomic E-state index is -0.888. The predicted octanol–water partition coefficient (Wildman–Crippen LogP) is 0.0152. The van der Waals surface area contributed by atoms with Crippen LogP contribution in [0.4, 0.5) is 0 Å². The zero-order valence-corrected chi connectivity index (χ0v) is 10.4. The van der Waals surface area contributed by atoms with Gasteiger partial charge in [0.2, 0.25) is 17.7 Å². The van der Waals surface area contributed by atoms with Crippen LogP contribution in [0.2, 0.25) is 0 Å². The van der Waals surface area contributed by atoms with Gasteiger partial charge in [-0.3, -0.25) is 4.79 Å². The molecule has 0 bridgehead atoms. The number of aromatic nitrogens is 1. The molecule has 0 saturated carbocycles. The first-order valence-corrected chi connectivity index (χ1v) is 5.45. The van der Waals surface area contributed by atoms with E-state index < -0.39 is 23.8 Å². The van der Waals surface area contributed by atoms with Crippen LogP contribution >= 0.6 is 0 Å². The Hall–Kier alpha value is -2.18. The summed E-state index contributed by atoms with van der Waals surface area (Å²) >= 11 is 0. The molecule has 1 aromatic rings. The van der Waals surface area contributed by atoms with Crippen molar-refractivity contribution in [1.29, 1.82) is 0 Å². The summed E-state index contributed by atoms with van der Waals surface area (Å²) in [6.07, 6.45) is 0. The molecule has 1 heterocycles. The first-order chi connectivity index (χ1) is 8.32. The molecule has 1 amide bonds. The summed E-state index contributed by atoms with van der Waals surface area (Å²) in [5.74, 6) is -2.17. The number of amides is 1. The molecule has 100 valence electrons. The highest BCUT2D eigenvalue weighted by Gasteiger charge is 2.21. The Morgan fingerprint density at radius 3 is 2.17 bits per heavy atom. The average Bonchev–Trinajstić information content (AvgIpc) is 2.60. The van der Waals surface area contributed by atoms with Gasteiger partial charge < -0.3 is 20.4 Å². The van der Waals surface area contributed by atoms with E-state index in [4.69, 9.17) is 4.84 Å². The Morgan fingerprint density at radius 2 is 1.72 bits per heavy atom. The molecule has 0 saturated heterocycles. The van der Waals surface area contributed by atoms with Crippen LogP contribution in [0.1, 0.15) is 20.8 Å². The van der Waals surface area contributed by atoms with Gasteiger partial charge in [-0.1, -0.05) is 13.8 Å². The molecular weight excluding hydrogens is 240 g/mol. The average molecular weight is 256 g/mol. The molecule has 0 aliphatic heterocycles.